The van der Waals surface area contributed by atoms with E-state index in [1.165, 1.54) is 0 Å². The highest BCUT2D eigenvalue weighted by atomic mass is 79.9. The van der Waals surface area contributed by atoms with Gasteiger partial charge in [-0.2, -0.15) is 5.10 Å². The highest BCUT2D eigenvalue weighted by Gasteiger charge is 2.17. The van der Waals surface area contributed by atoms with Crippen molar-refractivity contribution in [2.45, 2.75) is 0 Å². The van der Waals surface area contributed by atoms with Crippen molar-refractivity contribution in [1.82, 2.24) is 24.6 Å². The fourth-order valence-electron chi connectivity index (χ4n) is 3.19. The molecule has 0 N–H and O–H groups in total. The van der Waals surface area contributed by atoms with Crippen LogP contribution in [0.15, 0.2) is 59.5 Å². The second kappa shape index (κ2) is 8.31. The van der Waals surface area contributed by atoms with E-state index < -0.39 is 0 Å². The Bertz CT molecular complexity index is 1140. The van der Waals surface area contributed by atoms with E-state index in [4.69, 9.17) is 4.74 Å². The number of halogens is 1. The minimum Gasteiger partial charge on any atom is -0.491 e. The van der Waals surface area contributed by atoms with Crippen LogP contribution in [0.4, 0.5) is 0 Å². The third kappa shape index (κ3) is 4.16. The number of ether oxygens (including phenoxy) is 1. The standard InChI is InChI=1S/C22H22BrN5O/c1-27(2)9-10-29-20-12-19-16(11-18(20)23)22(25-14-24-19)17-13-28(3)26-21(17)15-7-5-4-6-8-15/h4-8,11-14H,9-10H2,1-3H3. The molecular formula is C22H22BrN5O. The first-order chi connectivity index (χ1) is 14.0. The summed E-state index contributed by atoms with van der Waals surface area (Å²) < 4.78 is 8.63. The summed E-state index contributed by atoms with van der Waals surface area (Å²) in [4.78, 5) is 11.2. The Morgan fingerprint density at radius 2 is 1.86 bits per heavy atom. The molecule has 0 amide bonds. The third-order valence-corrected chi connectivity index (χ3v) is 5.24. The van der Waals surface area contributed by atoms with Gasteiger partial charge in [0.15, 0.2) is 0 Å². The van der Waals surface area contributed by atoms with Crippen LogP contribution in [-0.2, 0) is 7.05 Å². The first kappa shape index (κ1) is 19.5. The van der Waals surface area contributed by atoms with Gasteiger partial charge in [0.1, 0.15) is 24.4 Å². The van der Waals surface area contributed by atoms with Crippen molar-refractivity contribution < 1.29 is 4.74 Å². The molecule has 0 unspecified atom stereocenters. The Hall–Kier alpha value is -2.77. The zero-order valence-electron chi connectivity index (χ0n) is 16.6. The van der Waals surface area contributed by atoms with Crippen molar-refractivity contribution in [2.75, 3.05) is 27.2 Å². The average Bonchev–Trinajstić information content (AvgIpc) is 3.10. The SMILES string of the molecule is CN(C)CCOc1cc2ncnc(-c3cn(C)nc3-c3ccccc3)c2cc1Br. The summed E-state index contributed by atoms with van der Waals surface area (Å²) in [5.41, 5.74) is 4.61. The van der Waals surface area contributed by atoms with E-state index in [1.54, 1.807) is 6.33 Å². The molecule has 7 heteroatoms. The van der Waals surface area contributed by atoms with Crippen LogP contribution >= 0.6 is 15.9 Å². The quantitative estimate of drug-likeness (QED) is 0.434. The first-order valence-electron chi connectivity index (χ1n) is 9.34. The summed E-state index contributed by atoms with van der Waals surface area (Å²) >= 11 is 3.65. The molecule has 0 aliphatic carbocycles. The lowest BCUT2D eigenvalue weighted by Gasteiger charge is -2.13. The van der Waals surface area contributed by atoms with Gasteiger partial charge in [-0.1, -0.05) is 30.3 Å². The van der Waals surface area contributed by atoms with Gasteiger partial charge in [-0.05, 0) is 36.1 Å². The van der Waals surface area contributed by atoms with E-state index in [-0.39, 0.29) is 0 Å². The number of hydrogen-bond acceptors (Lipinski definition) is 5. The largest absolute Gasteiger partial charge is 0.491 e. The fourth-order valence-corrected chi connectivity index (χ4v) is 3.65. The number of aromatic nitrogens is 4. The van der Waals surface area contributed by atoms with Crippen LogP contribution in [0.3, 0.4) is 0 Å². The van der Waals surface area contributed by atoms with Gasteiger partial charge in [-0.25, -0.2) is 9.97 Å². The van der Waals surface area contributed by atoms with Crippen molar-refractivity contribution in [3.05, 3.63) is 59.5 Å². The Balaban J connectivity index is 1.79. The summed E-state index contributed by atoms with van der Waals surface area (Å²) in [6.45, 7) is 1.45. The van der Waals surface area contributed by atoms with Gasteiger partial charge >= 0.3 is 0 Å². The monoisotopic (exact) mass is 451 g/mol. The number of nitrogens with zero attached hydrogens (tertiary/aromatic N) is 5. The van der Waals surface area contributed by atoms with Crippen LogP contribution in [0.2, 0.25) is 0 Å². The van der Waals surface area contributed by atoms with Crippen molar-refractivity contribution in [1.29, 1.82) is 0 Å². The van der Waals surface area contributed by atoms with Crippen LogP contribution in [0.1, 0.15) is 0 Å². The first-order valence-corrected chi connectivity index (χ1v) is 10.1. The molecule has 29 heavy (non-hydrogen) atoms. The molecule has 2 aromatic heterocycles. The Labute approximate surface area is 178 Å². The normalized spacial score (nSPS) is 11.3. The summed E-state index contributed by atoms with van der Waals surface area (Å²) in [6.07, 6.45) is 3.59. The molecule has 0 spiro atoms. The van der Waals surface area contributed by atoms with Crippen molar-refractivity contribution >= 4 is 26.8 Å². The average molecular weight is 452 g/mol. The Kier molecular flexibility index (Phi) is 5.60. The van der Waals surface area contributed by atoms with Crippen LogP contribution in [0.5, 0.6) is 5.75 Å². The molecule has 0 radical (unpaired) electrons. The summed E-state index contributed by atoms with van der Waals surface area (Å²) in [7, 11) is 5.97. The number of aryl methyl sites for hydroxylation is 1. The molecule has 0 aliphatic heterocycles. The van der Waals surface area contributed by atoms with Gasteiger partial charge in [0.25, 0.3) is 0 Å². The molecule has 0 saturated carbocycles. The molecular weight excluding hydrogens is 430 g/mol. The molecule has 2 heterocycles. The molecule has 0 fully saturated rings. The van der Waals surface area contributed by atoms with Crippen molar-refractivity contribution in [3.8, 4) is 28.3 Å². The highest BCUT2D eigenvalue weighted by molar-refractivity contribution is 9.10. The molecule has 4 aromatic rings. The summed E-state index contributed by atoms with van der Waals surface area (Å²) in [6, 6.07) is 14.1. The molecule has 6 nitrogen and oxygen atoms in total. The molecule has 4 rings (SSSR count). The third-order valence-electron chi connectivity index (χ3n) is 4.62. The molecule has 0 atom stereocenters. The van der Waals surface area contributed by atoms with Gasteiger partial charge in [0.05, 0.1) is 15.7 Å². The van der Waals surface area contributed by atoms with Gasteiger partial charge in [0, 0.05) is 42.4 Å². The lowest BCUT2D eigenvalue weighted by molar-refractivity contribution is 0.260. The molecule has 148 valence electrons. The molecule has 2 aromatic carbocycles. The van der Waals surface area contributed by atoms with Crippen molar-refractivity contribution in [3.63, 3.8) is 0 Å². The Morgan fingerprint density at radius 1 is 1.07 bits per heavy atom. The van der Waals surface area contributed by atoms with E-state index in [2.05, 4.69) is 48.0 Å². The molecule has 0 bridgehead atoms. The number of benzene rings is 2. The lowest BCUT2D eigenvalue weighted by atomic mass is 10.0. The number of fused-ring (bicyclic) bond motifs is 1. The molecule has 0 aliphatic rings. The molecule has 0 saturated heterocycles. The maximum atomic E-state index is 5.93. The number of likely N-dealkylation sites (N-methyl/N-ethyl adjacent to an activating group) is 1. The maximum Gasteiger partial charge on any atom is 0.135 e. The van der Waals surface area contributed by atoms with E-state index in [9.17, 15) is 0 Å². The van der Waals surface area contributed by atoms with Crippen molar-refractivity contribution in [2.24, 2.45) is 7.05 Å². The van der Waals surface area contributed by atoms with E-state index >= 15 is 0 Å². The van der Waals surface area contributed by atoms with E-state index in [1.807, 2.05) is 62.4 Å². The van der Waals surface area contributed by atoms with Gasteiger partial charge in [-0.15, -0.1) is 0 Å². The summed E-state index contributed by atoms with van der Waals surface area (Å²) in [5, 5.41) is 5.62. The smallest absolute Gasteiger partial charge is 0.135 e. The van der Waals surface area contributed by atoms with Crippen LogP contribution in [0, 0.1) is 0 Å². The van der Waals surface area contributed by atoms with Crippen LogP contribution in [0.25, 0.3) is 33.4 Å². The lowest BCUT2D eigenvalue weighted by Crippen LogP contribution is -2.19. The second-order valence-corrected chi connectivity index (χ2v) is 7.96. The zero-order valence-corrected chi connectivity index (χ0v) is 18.2. The second-order valence-electron chi connectivity index (χ2n) is 7.10. The predicted octanol–water partition coefficient (Wildman–Crippen LogP) is 4.40. The highest BCUT2D eigenvalue weighted by Crippen LogP contribution is 2.37. The minimum atomic E-state index is 0.607. The number of hydrogen-bond donors (Lipinski definition) is 0. The van der Waals surface area contributed by atoms with Gasteiger partial charge in [0.2, 0.25) is 0 Å². The topological polar surface area (TPSA) is 56.1 Å². The van der Waals surface area contributed by atoms with Crippen LogP contribution < -0.4 is 4.74 Å². The van der Waals surface area contributed by atoms with Crippen LogP contribution in [-0.4, -0.2) is 51.9 Å². The maximum absolute atomic E-state index is 5.93. The van der Waals surface area contributed by atoms with E-state index in [0.717, 1.165) is 50.2 Å². The van der Waals surface area contributed by atoms with Gasteiger partial charge < -0.3 is 9.64 Å². The summed E-state index contributed by atoms with van der Waals surface area (Å²) in [5.74, 6) is 0.776. The Morgan fingerprint density at radius 3 is 2.62 bits per heavy atom. The van der Waals surface area contributed by atoms with Gasteiger partial charge in [-0.3, -0.25) is 4.68 Å². The minimum absolute atomic E-state index is 0.607. The predicted molar refractivity (Wildman–Crippen MR) is 119 cm³/mol. The number of rotatable bonds is 6. The van der Waals surface area contributed by atoms with E-state index in [0.29, 0.717) is 6.61 Å². The fraction of sp³-hybridized carbons (Fsp3) is 0.227. The zero-order chi connectivity index (χ0) is 20.4.